The number of aromatic nitrogens is 2. The predicted octanol–water partition coefficient (Wildman–Crippen LogP) is 3.59. The van der Waals surface area contributed by atoms with Crippen molar-refractivity contribution >= 4 is 5.97 Å². The van der Waals surface area contributed by atoms with E-state index >= 15 is 0 Å². The molecule has 1 aromatic rings. The number of rotatable bonds is 4. The Labute approximate surface area is 126 Å². The fourth-order valence-corrected chi connectivity index (χ4v) is 2.71. The summed E-state index contributed by atoms with van der Waals surface area (Å²) in [5.41, 5.74) is -0.484. The maximum Gasteiger partial charge on any atom is 0.321 e. The molecule has 0 bridgehead atoms. The molecule has 21 heavy (non-hydrogen) atoms. The third kappa shape index (κ3) is 3.44. The lowest BCUT2D eigenvalue weighted by atomic mass is 9.73. The summed E-state index contributed by atoms with van der Waals surface area (Å²) >= 11 is 0. The second kappa shape index (κ2) is 5.78. The average molecular weight is 294 g/mol. The Morgan fingerprint density at radius 1 is 1.38 bits per heavy atom. The van der Waals surface area contributed by atoms with Crippen molar-refractivity contribution in [2.24, 2.45) is 5.41 Å². The van der Waals surface area contributed by atoms with E-state index in [9.17, 15) is 4.79 Å². The number of hydrogen-bond acceptors (Lipinski definition) is 5. The van der Waals surface area contributed by atoms with E-state index in [2.05, 4.69) is 24.0 Å². The van der Waals surface area contributed by atoms with Gasteiger partial charge in [-0.2, -0.15) is 4.98 Å². The van der Waals surface area contributed by atoms with Crippen molar-refractivity contribution in [1.82, 2.24) is 10.1 Å². The van der Waals surface area contributed by atoms with Crippen LogP contribution in [0.15, 0.2) is 4.52 Å². The van der Waals surface area contributed by atoms with E-state index in [-0.39, 0.29) is 5.97 Å². The van der Waals surface area contributed by atoms with Gasteiger partial charge in [0.15, 0.2) is 5.82 Å². The van der Waals surface area contributed by atoms with Gasteiger partial charge < -0.3 is 9.26 Å². The standard InChI is InChI=1S/C16H26N2O3/c1-6-20-14(19)16(4,5)13-17-12(18-21-13)11-7-9-15(2,3)10-8-11/h11H,6-10H2,1-5H3. The predicted molar refractivity (Wildman–Crippen MR) is 78.9 cm³/mol. The van der Waals surface area contributed by atoms with Gasteiger partial charge in [0, 0.05) is 5.92 Å². The molecule has 5 heteroatoms. The fourth-order valence-electron chi connectivity index (χ4n) is 2.71. The summed E-state index contributed by atoms with van der Waals surface area (Å²) in [7, 11) is 0. The maximum atomic E-state index is 12.0. The summed E-state index contributed by atoms with van der Waals surface area (Å²) in [4.78, 5) is 16.5. The van der Waals surface area contributed by atoms with Crippen LogP contribution in [0, 0.1) is 5.41 Å². The molecule has 1 aliphatic rings. The minimum absolute atomic E-state index is 0.329. The molecule has 0 aliphatic heterocycles. The van der Waals surface area contributed by atoms with Crippen molar-refractivity contribution in [3.8, 4) is 0 Å². The van der Waals surface area contributed by atoms with Crippen LogP contribution in [0.2, 0.25) is 0 Å². The van der Waals surface area contributed by atoms with Crippen LogP contribution < -0.4 is 0 Å². The van der Waals surface area contributed by atoms with Gasteiger partial charge in [0.25, 0.3) is 0 Å². The molecular weight excluding hydrogens is 268 g/mol. The Morgan fingerprint density at radius 2 is 2.00 bits per heavy atom. The van der Waals surface area contributed by atoms with Crippen LogP contribution in [0.3, 0.4) is 0 Å². The second-order valence-electron chi connectivity index (χ2n) is 7.24. The monoisotopic (exact) mass is 294 g/mol. The first-order valence-electron chi connectivity index (χ1n) is 7.77. The van der Waals surface area contributed by atoms with Gasteiger partial charge in [0.05, 0.1) is 6.61 Å². The summed E-state index contributed by atoms with van der Waals surface area (Å²) in [6, 6.07) is 0. The van der Waals surface area contributed by atoms with E-state index in [4.69, 9.17) is 9.26 Å². The minimum atomic E-state index is -0.894. The topological polar surface area (TPSA) is 65.2 Å². The molecule has 1 aliphatic carbocycles. The largest absolute Gasteiger partial charge is 0.465 e. The Hall–Kier alpha value is -1.39. The molecule has 0 aromatic carbocycles. The number of carbonyl (C=O) groups excluding carboxylic acids is 1. The van der Waals surface area contributed by atoms with Gasteiger partial charge in [-0.3, -0.25) is 4.79 Å². The summed E-state index contributed by atoms with van der Waals surface area (Å²) in [5.74, 6) is 1.09. The third-order valence-corrected chi connectivity index (χ3v) is 4.47. The van der Waals surface area contributed by atoms with E-state index in [1.807, 2.05) is 0 Å². The minimum Gasteiger partial charge on any atom is -0.465 e. The highest BCUT2D eigenvalue weighted by molar-refractivity contribution is 5.80. The van der Waals surface area contributed by atoms with Crippen LogP contribution in [0.25, 0.3) is 0 Å². The molecule has 1 saturated carbocycles. The lowest BCUT2D eigenvalue weighted by molar-refractivity contribution is -0.149. The first kappa shape index (κ1) is 16.0. The zero-order valence-corrected chi connectivity index (χ0v) is 13.7. The highest BCUT2D eigenvalue weighted by atomic mass is 16.5. The Bertz CT molecular complexity index is 495. The van der Waals surface area contributed by atoms with E-state index in [1.54, 1.807) is 20.8 Å². The van der Waals surface area contributed by atoms with Crippen LogP contribution >= 0.6 is 0 Å². The quantitative estimate of drug-likeness (QED) is 0.794. The zero-order valence-electron chi connectivity index (χ0n) is 13.7. The number of ether oxygens (including phenoxy) is 1. The molecule has 1 heterocycles. The van der Waals surface area contributed by atoms with E-state index in [0.29, 0.717) is 23.8 Å². The van der Waals surface area contributed by atoms with Crippen molar-refractivity contribution in [2.75, 3.05) is 6.61 Å². The highest BCUT2D eigenvalue weighted by Gasteiger charge is 2.38. The molecule has 118 valence electrons. The van der Waals surface area contributed by atoms with Crippen molar-refractivity contribution in [2.45, 2.75) is 71.6 Å². The summed E-state index contributed by atoms with van der Waals surface area (Å²) in [6.07, 6.45) is 4.49. The summed E-state index contributed by atoms with van der Waals surface area (Å²) in [6.45, 7) is 10.2. The van der Waals surface area contributed by atoms with Crippen LogP contribution in [-0.2, 0) is 14.9 Å². The molecule has 0 N–H and O–H groups in total. The zero-order chi connectivity index (χ0) is 15.7. The van der Waals surface area contributed by atoms with Gasteiger partial charge in [-0.05, 0) is 51.9 Å². The lowest BCUT2D eigenvalue weighted by Crippen LogP contribution is -2.31. The Balaban J connectivity index is 2.10. The molecule has 0 saturated heterocycles. The van der Waals surface area contributed by atoms with Gasteiger partial charge in [0.1, 0.15) is 5.41 Å². The van der Waals surface area contributed by atoms with Crippen LogP contribution in [0.4, 0.5) is 0 Å². The molecule has 5 nitrogen and oxygen atoms in total. The van der Waals surface area contributed by atoms with Gasteiger partial charge in [0.2, 0.25) is 5.89 Å². The lowest BCUT2D eigenvalue weighted by Gasteiger charge is -2.32. The first-order chi connectivity index (χ1) is 9.76. The van der Waals surface area contributed by atoms with Gasteiger partial charge >= 0.3 is 5.97 Å². The van der Waals surface area contributed by atoms with Crippen LogP contribution in [0.1, 0.15) is 77.9 Å². The summed E-state index contributed by atoms with van der Waals surface area (Å²) < 4.78 is 10.4. The van der Waals surface area contributed by atoms with Crippen molar-refractivity contribution in [3.63, 3.8) is 0 Å². The Kier molecular flexibility index (Phi) is 4.40. The van der Waals surface area contributed by atoms with E-state index in [0.717, 1.165) is 18.7 Å². The Morgan fingerprint density at radius 3 is 2.57 bits per heavy atom. The molecule has 0 spiro atoms. The highest BCUT2D eigenvalue weighted by Crippen LogP contribution is 2.41. The molecular formula is C16H26N2O3. The van der Waals surface area contributed by atoms with Crippen LogP contribution in [-0.4, -0.2) is 22.7 Å². The van der Waals surface area contributed by atoms with Crippen LogP contribution in [0.5, 0.6) is 0 Å². The molecule has 0 unspecified atom stereocenters. The van der Waals surface area contributed by atoms with Crippen molar-refractivity contribution < 1.29 is 14.1 Å². The van der Waals surface area contributed by atoms with Gasteiger partial charge in [-0.1, -0.05) is 19.0 Å². The van der Waals surface area contributed by atoms with Crippen molar-refractivity contribution in [3.05, 3.63) is 11.7 Å². The molecule has 0 radical (unpaired) electrons. The number of hydrogen-bond donors (Lipinski definition) is 0. The molecule has 0 amide bonds. The smallest absolute Gasteiger partial charge is 0.321 e. The van der Waals surface area contributed by atoms with E-state index < -0.39 is 5.41 Å². The molecule has 1 fully saturated rings. The number of carbonyl (C=O) groups is 1. The molecule has 2 rings (SSSR count). The third-order valence-electron chi connectivity index (χ3n) is 4.47. The number of esters is 1. The van der Waals surface area contributed by atoms with Gasteiger partial charge in [-0.25, -0.2) is 0 Å². The van der Waals surface area contributed by atoms with Crippen molar-refractivity contribution in [1.29, 1.82) is 0 Å². The average Bonchev–Trinajstić information content (AvgIpc) is 2.89. The maximum absolute atomic E-state index is 12.0. The summed E-state index contributed by atoms with van der Waals surface area (Å²) in [5, 5.41) is 4.10. The number of nitrogens with zero attached hydrogens (tertiary/aromatic N) is 2. The first-order valence-corrected chi connectivity index (χ1v) is 7.77. The second-order valence-corrected chi connectivity index (χ2v) is 7.24. The van der Waals surface area contributed by atoms with E-state index in [1.165, 1.54) is 12.8 Å². The fraction of sp³-hybridized carbons (Fsp3) is 0.812. The SMILES string of the molecule is CCOC(=O)C(C)(C)c1nc(C2CCC(C)(C)CC2)no1. The molecule has 1 aromatic heterocycles. The normalized spacial score (nSPS) is 19.5. The molecule has 0 atom stereocenters. The van der Waals surface area contributed by atoms with Gasteiger partial charge in [-0.15, -0.1) is 0 Å².